The Morgan fingerprint density at radius 2 is 1.75 bits per heavy atom. The maximum atomic E-state index is 12.2. The summed E-state index contributed by atoms with van der Waals surface area (Å²) < 4.78 is 10.2. The highest BCUT2D eigenvalue weighted by Crippen LogP contribution is 2.70. The van der Waals surface area contributed by atoms with Crippen molar-refractivity contribution in [2.75, 3.05) is 13.2 Å². The minimum atomic E-state index is -1.19. The summed E-state index contributed by atoms with van der Waals surface area (Å²) in [6, 6.07) is 0. The number of rotatable bonds is 6. The summed E-state index contributed by atoms with van der Waals surface area (Å²) in [6.45, 7) is 3.91. The van der Waals surface area contributed by atoms with E-state index in [2.05, 4.69) is 0 Å². The SMILES string of the molecule is CCOC(=O)C1(C(=O)OCC)CC2CC2(C=CC=O)C1. The minimum absolute atomic E-state index is 0.208. The number of aldehydes is 1. The summed E-state index contributed by atoms with van der Waals surface area (Å²) in [5.74, 6) is -0.735. The van der Waals surface area contributed by atoms with Gasteiger partial charge in [0.25, 0.3) is 0 Å². The molecule has 5 nitrogen and oxygen atoms in total. The Morgan fingerprint density at radius 3 is 2.25 bits per heavy atom. The Balaban J connectivity index is 2.23. The van der Waals surface area contributed by atoms with Crippen LogP contribution in [0.15, 0.2) is 12.2 Å². The molecule has 5 heteroatoms. The van der Waals surface area contributed by atoms with Crippen LogP contribution in [0.3, 0.4) is 0 Å². The summed E-state index contributed by atoms with van der Waals surface area (Å²) in [5, 5.41) is 0. The smallest absolute Gasteiger partial charge is 0.323 e. The van der Waals surface area contributed by atoms with Crippen LogP contribution in [0.1, 0.15) is 33.1 Å². The maximum absolute atomic E-state index is 12.2. The number of carbonyl (C=O) groups is 3. The van der Waals surface area contributed by atoms with Crippen LogP contribution in [0.5, 0.6) is 0 Å². The molecule has 0 aromatic carbocycles. The van der Waals surface area contributed by atoms with Gasteiger partial charge in [0.2, 0.25) is 0 Å². The number of carbonyl (C=O) groups excluding carboxylic acids is 3. The lowest BCUT2D eigenvalue weighted by Crippen LogP contribution is -2.41. The second kappa shape index (κ2) is 5.38. The van der Waals surface area contributed by atoms with E-state index in [0.717, 1.165) is 12.7 Å². The summed E-state index contributed by atoms with van der Waals surface area (Å²) in [4.78, 5) is 35.0. The van der Waals surface area contributed by atoms with Crippen LogP contribution in [0, 0.1) is 16.7 Å². The van der Waals surface area contributed by atoms with Gasteiger partial charge >= 0.3 is 11.9 Å². The van der Waals surface area contributed by atoms with Gasteiger partial charge in [0.05, 0.1) is 13.2 Å². The number of hydrogen-bond acceptors (Lipinski definition) is 5. The molecule has 0 saturated heterocycles. The largest absolute Gasteiger partial charge is 0.465 e. The number of ether oxygens (including phenoxy) is 2. The van der Waals surface area contributed by atoms with E-state index in [-0.39, 0.29) is 24.5 Å². The van der Waals surface area contributed by atoms with Crippen molar-refractivity contribution in [2.45, 2.75) is 33.1 Å². The minimum Gasteiger partial charge on any atom is -0.465 e. The molecule has 0 amide bonds. The molecule has 0 N–H and O–H groups in total. The number of fused-ring (bicyclic) bond motifs is 1. The van der Waals surface area contributed by atoms with Gasteiger partial charge < -0.3 is 9.47 Å². The van der Waals surface area contributed by atoms with E-state index in [1.807, 2.05) is 6.08 Å². The lowest BCUT2D eigenvalue weighted by atomic mass is 9.80. The Morgan fingerprint density at radius 1 is 1.15 bits per heavy atom. The molecule has 0 aromatic rings. The third kappa shape index (κ3) is 2.25. The topological polar surface area (TPSA) is 69.7 Å². The Labute approximate surface area is 118 Å². The van der Waals surface area contributed by atoms with Crippen molar-refractivity contribution in [2.24, 2.45) is 16.7 Å². The van der Waals surface area contributed by atoms with E-state index in [9.17, 15) is 14.4 Å². The zero-order chi connectivity index (χ0) is 14.8. The third-order valence-corrected chi connectivity index (χ3v) is 4.34. The van der Waals surface area contributed by atoms with Crippen LogP contribution in [0.4, 0.5) is 0 Å². The van der Waals surface area contributed by atoms with E-state index in [1.165, 1.54) is 6.08 Å². The van der Waals surface area contributed by atoms with Crippen LogP contribution >= 0.6 is 0 Å². The maximum Gasteiger partial charge on any atom is 0.323 e. The molecular formula is C15H20O5. The summed E-state index contributed by atoms with van der Waals surface area (Å²) in [6.07, 6.45) is 5.74. The highest BCUT2D eigenvalue weighted by molar-refractivity contribution is 6.01. The third-order valence-electron chi connectivity index (χ3n) is 4.34. The van der Waals surface area contributed by atoms with E-state index in [0.29, 0.717) is 12.8 Å². The molecule has 2 atom stereocenters. The fraction of sp³-hybridized carbons (Fsp3) is 0.667. The average molecular weight is 280 g/mol. The zero-order valence-electron chi connectivity index (χ0n) is 11.9. The first kappa shape index (κ1) is 14.8. The fourth-order valence-electron chi connectivity index (χ4n) is 3.37. The van der Waals surface area contributed by atoms with Gasteiger partial charge in [0.1, 0.15) is 6.29 Å². The van der Waals surface area contributed by atoms with Gasteiger partial charge in [-0.3, -0.25) is 14.4 Å². The quantitative estimate of drug-likeness (QED) is 0.320. The fourth-order valence-corrected chi connectivity index (χ4v) is 3.37. The lowest BCUT2D eigenvalue weighted by Gasteiger charge is -2.27. The van der Waals surface area contributed by atoms with E-state index >= 15 is 0 Å². The first-order chi connectivity index (χ1) is 9.54. The molecule has 2 aliphatic carbocycles. The highest BCUT2D eigenvalue weighted by atomic mass is 16.6. The second-order valence-electron chi connectivity index (χ2n) is 5.53. The second-order valence-corrected chi connectivity index (χ2v) is 5.53. The first-order valence-corrected chi connectivity index (χ1v) is 7.02. The molecule has 0 heterocycles. The van der Waals surface area contributed by atoms with Gasteiger partial charge in [-0.25, -0.2) is 0 Å². The van der Waals surface area contributed by atoms with Crippen molar-refractivity contribution in [3.63, 3.8) is 0 Å². The summed E-state index contributed by atoms with van der Waals surface area (Å²) in [7, 11) is 0. The monoisotopic (exact) mass is 280 g/mol. The molecule has 2 rings (SSSR count). The molecule has 20 heavy (non-hydrogen) atoms. The highest BCUT2D eigenvalue weighted by Gasteiger charge is 2.70. The Kier molecular flexibility index (Phi) is 3.97. The molecule has 0 spiro atoms. The van der Waals surface area contributed by atoms with Gasteiger partial charge in [-0.05, 0) is 50.5 Å². The molecule has 0 radical (unpaired) electrons. The van der Waals surface area contributed by atoms with Crippen LogP contribution in [0.25, 0.3) is 0 Å². The number of esters is 2. The van der Waals surface area contributed by atoms with Crippen LogP contribution in [0.2, 0.25) is 0 Å². The van der Waals surface area contributed by atoms with Crippen molar-refractivity contribution in [1.29, 1.82) is 0 Å². The Hall–Kier alpha value is -1.65. The molecule has 2 aliphatic rings. The van der Waals surface area contributed by atoms with Gasteiger partial charge in [-0.1, -0.05) is 6.08 Å². The van der Waals surface area contributed by atoms with E-state index < -0.39 is 17.4 Å². The van der Waals surface area contributed by atoms with Crippen LogP contribution in [-0.2, 0) is 23.9 Å². The van der Waals surface area contributed by atoms with Gasteiger partial charge in [-0.15, -0.1) is 0 Å². The summed E-state index contributed by atoms with van der Waals surface area (Å²) >= 11 is 0. The van der Waals surface area contributed by atoms with Crippen molar-refractivity contribution in [3.05, 3.63) is 12.2 Å². The number of allylic oxidation sites excluding steroid dienone is 2. The predicted molar refractivity (Wildman–Crippen MR) is 70.7 cm³/mol. The molecule has 0 bridgehead atoms. The number of hydrogen-bond donors (Lipinski definition) is 0. The van der Waals surface area contributed by atoms with Gasteiger partial charge in [-0.2, -0.15) is 0 Å². The molecular weight excluding hydrogens is 260 g/mol. The normalized spacial score (nSPS) is 29.8. The zero-order valence-corrected chi connectivity index (χ0v) is 11.9. The predicted octanol–water partition coefficient (Wildman–Crippen LogP) is 1.65. The lowest BCUT2D eigenvalue weighted by molar-refractivity contribution is -0.172. The van der Waals surface area contributed by atoms with Crippen LogP contribution in [-0.4, -0.2) is 31.4 Å². The van der Waals surface area contributed by atoms with Gasteiger partial charge in [0.15, 0.2) is 5.41 Å². The van der Waals surface area contributed by atoms with Crippen molar-refractivity contribution >= 4 is 18.2 Å². The van der Waals surface area contributed by atoms with E-state index in [1.54, 1.807) is 13.8 Å². The average Bonchev–Trinajstić information content (AvgIpc) is 2.99. The van der Waals surface area contributed by atoms with Crippen molar-refractivity contribution < 1.29 is 23.9 Å². The molecule has 2 unspecified atom stereocenters. The summed E-state index contributed by atoms with van der Waals surface area (Å²) in [5.41, 5.74) is -1.40. The standard InChI is InChI=1S/C15H20O5/c1-3-19-12(17)15(13(18)20-4-2)9-11-8-14(11,10-15)6-5-7-16/h5-7,11H,3-4,8-10H2,1-2H3. The van der Waals surface area contributed by atoms with E-state index in [4.69, 9.17) is 9.47 Å². The van der Waals surface area contributed by atoms with Crippen molar-refractivity contribution in [3.8, 4) is 0 Å². The van der Waals surface area contributed by atoms with Crippen molar-refractivity contribution in [1.82, 2.24) is 0 Å². The molecule has 0 aromatic heterocycles. The molecule has 0 aliphatic heterocycles. The first-order valence-electron chi connectivity index (χ1n) is 7.02. The molecule has 110 valence electrons. The van der Waals surface area contributed by atoms with Gasteiger partial charge in [0, 0.05) is 0 Å². The van der Waals surface area contributed by atoms with Crippen LogP contribution < -0.4 is 0 Å². The Bertz CT molecular complexity index is 435. The molecule has 2 saturated carbocycles. The molecule has 2 fully saturated rings.